The van der Waals surface area contributed by atoms with Gasteiger partial charge >= 0.3 is 0 Å². The van der Waals surface area contributed by atoms with E-state index in [2.05, 4.69) is 4.98 Å². The van der Waals surface area contributed by atoms with Crippen molar-refractivity contribution >= 4 is 40.1 Å². The van der Waals surface area contributed by atoms with Crippen LogP contribution in [-0.4, -0.2) is 15.5 Å². The predicted molar refractivity (Wildman–Crippen MR) is 72.9 cm³/mol. The van der Waals surface area contributed by atoms with Crippen molar-refractivity contribution in [3.8, 4) is 0 Å². The van der Waals surface area contributed by atoms with Crippen molar-refractivity contribution in [1.29, 1.82) is 0 Å². The number of halogens is 2. The lowest BCUT2D eigenvalue weighted by Gasteiger charge is -2.09. The summed E-state index contributed by atoms with van der Waals surface area (Å²) in [4.78, 5) is 15.6. The molecule has 6 heteroatoms. The van der Waals surface area contributed by atoms with Gasteiger partial charge in [0.25, 0.3) is 0 Å². The third-order valence-electron chi connectivity index (χ3n) is 2.79. The topological polar surface area (TPSA) is 60.9 Å². The van der Waals surface area contributed by atoms with E-state index in [1.54, 1.807) is 17.6 Å². The van der Waals surface area contributed by atoms with Gasteiger partial charge in [0, 0.05) is 5.02 Å². The second kappa shape index (κ2) is 4.78. The number of nitrogens with two attached hydrogens (primary N) is 1. The number of hydrogen-bond acceptors (Lipinski definition) is 2. The molecule has 0 saturated carbocycles. The first-order valence-electron chi connectivity index (χ1n) is 5.49. The van der Waals surface area contributed by atoms with Crippen molar-refractivity contribution in [2.45, 2.75) is 25.8 Å². The molecule has 96 valence electrons. The maximum absolute atomic E-state index is 11.2. The van der Waals surface area contributed by atoms with Gasteiger partial charge in [0.1, 0.15) is 12.4 Å². The fraction of sp³-hybridized carbons (Fsp3) is 0.333. The molecule has 1 aromatic carbocycles. The molecule has 18 heavy (non-hydrogen) atoms. The first kappa shape index (κ1) is 13.2. The van der Waals surface area contributed by atoms with E-state index in [1.165, 1.54) is 0 Å². The molecule has 1 atom stereocenters. The third kappa shape index (κ3) is 2.18. The van der Waals surface area contributed by atoms with Crippen molar-refractivity contribution in [3.05, 3.63) is 28.5 Å². The van der Waals surface area contributed by atoms with Crippen LogP contribution < -0.4 is 5.73 Å². The summed E-state index contributed by atoms with van der Waals surface area (Å²) < 4.78 is 1.73. The smallest absolute Gasteiger partial charge is 0.237 e. The number of imidazole rings is 1. The Morgan fingerprint density at radius 2 is 2.22 bits per heavy atom. The van der Waals surface area contributed by atoms with Crippen LogP contribution in [0.2, 0.25) is 5.02 Å². The van der Waals surface area contributed by atoms with Gasteiger partial charge in [0.15, 0.2) is 0 Å². The van der Waals surface area contributed by atoms with Crippen molar-refractivity contribution < 1.29 is 4.79 Å². The maximum atomic E-state index is 11.2. The first-order valence-corrected chi connectivity index (χ1v) is 6.31. The Kier molecular flexibility index (Phi) is 3.50. The minimum atomic E-state index is -0.438. The van der Waals surface area contributed by atoms with Crippen molar-refractivity contribution in [3.63, 3.8) is 0 Å². The Hall–Kier alpha value is -1.26. The molecule has 1 heterocycles. The first-order chi connectivity index (χ1) is 8.41. The molecule has 1 unspecified atom stereocenters. The van der Waals surface area contributed by atoms with E-state index in [0.29, 0.717) is 10.8 Å². The molecule has 0 aliphatic rings. The van der Waals surface area contributed by atoms with E-state index in [9.17, 15) is 4.79 Å². The van der Waals surface area contributed by atoms with E-state index >= 15 is 0 Å². The van der Waals surface area contributed by atoms with Crippen LogP contribution in [0.1, 0.15) is 23.7 Å². The van der Waals surface area contributed by atoms with E-state index < -0.39 is 5.91 Å². The molecule has 0 radical (unpaired) electrons. The average molecular weight is 286 g/mol. The molecule has 1 aromatic heterocycles. The predicted octanol–water partition coefficient (Wildman–Crippen LogP) is 2.78. The lowest BCUT2D eigenvalue weighted by Crippen LogP contribution is -2.20. The van der Waals surface area contributed by atoms with Gasteiger partial charge in [-0.15, -0.1) is 11.6 Å². The van der Waals surface area contributed by atoms with Gasteiger partial charge in [0.2, 0.25) is 5.91 Å². The number of alkyl halides is 1. The number of carbonyl (C=O) groups is 1. The Morgan fingerprint density at radius 3 is 2.78 bits per heavy atom. The lowest BCUT2D eigenvalue weighted by atomic mass is 10.2. The number of aryl methyl sites for hydroxylation is 1. The standard InChI is InChI=1S/C12H13Cl2N3O/c1-6-8(14)3-4-9-11(6)17(5-10(15)18)12(16-9)7(2)13/h3-4,7H,5H2,1-2H3,(H2,15,18). The molecule has 1 amide bonds. The van der Waals surface area contributed by atoms with Crippen LogP contribution in [0.4, 0.5) is 0 Å². The summed E-state index contributed by atoms with van der Waals surface area (Å²) in [6.07, 6.45) is 0. The number of rotatable bonds is 3. The average Bonchev–Trinajstić information content (AvgIpc) is 2.62. The summed E-state index contributed by atoms with van der Waals surface area (Å²) >= 11 is 12.2. The quantitative estimate of drug-likeness (QED) is 0.882. The summed E-state index contributed by atoms with van der Waals surface area (Å²) in [6, 6.07) is 3.59. The highest BCUT2D eigenvalue weighted by molar-refractivity contribution is 6.32. The highest BCUT2D eigenvalue weighted by Gasteiger charge is 2.18. The van der Waals surface area contributed by atoms with Gasteiger partial charge < -0.3 is 10.3 Å². The molecule has 4 nitrogen and oxygen atoms in total. The van der Waals surface area contributed by atoms with Gasteiger partial charge in [-0.25, -0.2) is 4.98 Å². The van der Waals surface area contributed by atoms with Gasteiger partial charge in [0.05, 0.1) is 16.4 Å². The molecule has 2 rings (SSSR count). The number of aromatic nitrogens is 2. The Morgan fingerprint density at radius 1 is 1.56 bits per heavy atom. The number of benzene rings is 1. The fourth-order valence-electron chi connectivity index (χ4n) is 2.01. The maximum Gasteiger partial charge on any atom is 0.237 e. The highest BCUT2D eigenvalue weighted by Crippen LogP contribution is 2.29. The third-order valence-corrected chi connectivity index (χ3v) is 3.40. The van der Waals surface area contributed by atoms with Crippen LogP contribution in [0.5, 0.6) is 0 Å². The molecular weight excluding hydrogens is 273 g/mol. The minimum absolute atomic E-state index is 0.0457. The number of nitrogens with zero attached hydrogens (tertiary/aromatic N) is 2. The number of hydrogen-bond donors (Lipinski definition) is 1. The van der Waals surface area contributed by atoms with E-state index in [0.717, 1.165) is 16.6 Å². The lowest BCUT2D eigenvalue weighted by molar-refractivity contribution is -0.118. The minimum Gasteiger partial charge on any atom is -0.368 e. The van der Waals surface area contributed by atoms with Crippen LogP contribution in [0.3, 0.4) is 0 Å². The molecule has 0 aliphatic heterocycles. The van der Waals surface area contributed by atoms with Crippen molar-refractivity contribution in [2.24, 2.45) is 5.73 Å². The van der Waals surface area contributed by atoms with Crippen LogP contribution >= 0.6 is 23.2 Å². The fourth-order valence-corrected chi connectivity index (χ4v) is 2.33. The monoisotopic (exact) mass is 285 g/mol. The normalized spacial score (nSPS) is 12.9. The zero-order chi connectivity index (χ0) is 13.4. The van der Waals surface area contributed by atoms with Gasteiger partial charge in [-0.2, -0.15) is 0 Å². The summed E-state index contributed by atoms with van der Waals surface area (Å²) in [5, 5.41) is 0.317. The zero-order valence-corrected chi connectivity index (χ0v) is 11.6. The van der Waals surface area contributed by atoms with Crippen LogP contribution in [0.25, 0.3) is 11.0 Å². The Labute approximate surface area is 115 Å². The van der Waals surface area contributed by atoms with E-state index in [4.69, 9.17) is 28.9 Å². The molecule has 2 N–H and O–H groups in total. The number of fused-ring (bicyclic) bond motifs is 1. The van der Waals surface area contributed by atoms with E-state index in [-0.39, 0.29) is 11.9 Å². The second-order valence-corrected chi connectivity index (χ2v) is 5.24. The van der Waals surface area contributed by atoms with Crippen molar-refractivity contribution in [1.82, 2.24) is 9.55 Å². The molecule has 0 saturated heterocycles. The number of primary amides is 1. The second-order valence-electron chi connectivity index (χ2n) is 4.18. The molecular formula is C12H13Cl2N3O. The molecule has 0 aliphatic carbocycles. The molecule has 0 bridgehead atoms. The number of amides is 1. The molecule has 0 fully saturated rings. The van der Waals surface area contributed by atoms with Gasteiger partial charge in [-0.1, -0.05) is 11.6 Å². The zero-order valence-electron chi connectivity index (χ0n) is 10.1. The summed E-state index contributed by atoms with van der Waals surface area (Å²) in [5.41, 5.74) is 7.71. The number of carbonyl (C=O) groups excluding carboxylic acids is 1. The Balaban J connectivity index is 2.78. The van der Waals surface area contributed by atoms with Crippen LogP contribution in [0, 0.1) is 6.92 Å². The van der Waals surface area contributed by atoms with Crippen LogP contribution in [0.15, 0.2) is 12.1 Å². The summed E-state index contributed by atoms with van der Waals surface area (Å²) in [5.74, 6) is 0.183. The summed E-state index contributed by atoms with van der Waals surface area (Å²) in [7, 11) is 0. The molecule has 2 aromatic rings. The van der Waals surface area contributed by atoms with Gasteiger partial charge in [-0.05, 0) is 31.5 Å². The summed E-state index contributed by atoms with van der Waals surface area (Å²) in [6.45, 7) is 3.73. The molecule has 0 spiro atoms. The van der Waals surface area contributed by atoms with E-state index in [1.807, 2.05) is 13.0 Å². The largest absolute Gasteiger partial charge is 0.368 e. The van der Waals surface area contributed by atoms with Crippen LogP contribution in [-0.2, 0) is 11.3 Å². The van der Waals surface area contributed by atoms with Crippen molar-refractivity contribution in [2.75, 3.05) is 0 Å². The highest BCUT2D eigenvalue weighted by atomic mass is 35.5. The Bertz CT molecular complexity index is 619. The SMILES string of the molecule is Cc1c(Cl)ccc2nc(C(C)Cl)n(CC(N)=O)c12. The van der Waals surface area contributed by atoms with Gasteiger partial charge in [-0.3, -0.25) is 4.79 Å².